The van der Waals surface area contributed by atoms with Crippen LogP contribution >= 0.6 is 0 Å². The van der Waals surface area contributed by atoms with Gasteiger partial charge in [-0.05, 0) is 60.6 Å². The number of rotatable bonds is 3. The first kappa shape index (κ1) is 13.1. The van der Waals surface area contributed by atoms with E-state index in [2.05, 4.69) is 50.1 Å². The van der Waals surface area contributed by atoms with Crippen molar-refractivity contribution in [2.45, 2.75) is 59.0 Å². The first-order chi connectivity index (χ1) is 8.95. The molecule has 0 amide bonds. The average Bonchev–Trinajstić information content (AvgIpc) is 2.73. The number of hydrogen-bond donors (Lipinski definition) is 1. The Balaban J connectivity index is 1.76. The first-order valence-corrected chi connectivity index (χ1v) is 7.61. The van der Waals surface area contributed by atoms with E-state index in [1.165, 1.54) is 24.8 Å². The van der Waals surface area contributed by atoms with Gasteiger partial charge >= 0.3 is 0 Å². The van der Waals surface area contributed by atoms with E-state index >= 15 is 0 Å². The second-order valence-corrected chi connectivity index (χ2v) is 7.33. The smallest absolute Gasteiger partial charge is 0.0295 e. The molecule has 1 aromatic rings. The minimum Gasteiger partial charge on any atom is -0.307 e. The maximum Gasteiger partial charge on any atom is 0.0295 e. The highest BCUT2D eigenvalue weighted by Crippen LogP contribution is 2.65. The Labute approximate surface area is 117 Å². The van der Waals surface area contributed by atoms with Crippen LogP contribution in [0.15, 0.2) is 24.5 Å². The summed E-state index contributed by atoms with van der Waals surface area (Å²) in [7, 11) is 0. The third-order valence-electron chi connectivity index (χ3n) is 6.45. The van der Waals surface area contributed by atoms with Crippen molar-refractivity contribution in [3.63, 3.8) is 0 Å². The Hall–Kier alpha value is -0.890. The van der Waals surface area contributed by atoms with Crippen LogP contribution < -0.4 is 5.32 Å². The number of nitrogens with one attached hydrogen (secondary N) is 1. The van der Waals surface area contributed by atoms with E-state index in [9.17, 15) is 0 Å². The van der Waals surface area contributed by atoms with E-state index in [1.54, 1.807) is 0 Å². The molecule has 1 heterocycles. The van der Waals surface area contributed by atoms with Crippen LogP contribution in [0.2, 0.25) is 0 Å². The topological polar surface area (TPSA) is 24.9 Å². The van der Waals surface area contributed by atoms with Gasteiger partial charge < -0.3 is 5.32 Å². The summed E-state index contributed by atoms with van der Waals surface area (Å²) in [4.78, 5) is 4.11. The summed E-state index contributed by atoms with van der Waals surface area (Å²) in [6, 6.07) is 5.32. The van der Waals surface area contributed by atoms with E-state index in [4.69, 9.17) is 0 Å². The minimum absolute atomic E-state index is 0.417. The molecule has 3 rings (SSSR count). The molecule has 4 atom stereocenters. The maximum atomic E-state index is 4.11. The molecule has 2 fully saturated rings. The number of aromatic nitrogens is 1. The Morgan fingerprint density at radius 1 is 1.26 bits per heavy atom. The van der Waals surface area contributed by atoms with E-state index in [0.29, 0.717) is 22.9 Å². The van der Waals surface area contributed by atoms with Gasteiger partial charge in [-0.25, -0.2) is 0 Å². The zero-order valence-corrected chi connectivity index (χ0v) is 12.6. The molecule has 2 heteroatoms. The summed E-state index contributed by atoms with van der Waals surface area (Å²) in [6.07, 6.45) is 7.93. The van der Waals surface area contributed by atoms with Crippen molar-refractivity contribution in [2.24, 2.45) is 16.7 Å². The SMILES string of the molecule is CC(NC1CC2CCC1(C)C2(C)C)c1ccncc1. The molecule has 2 saturated carbocycles. The third kappa shape index (κ3) is 1.84. The number of pyridine rings is 1. The predicted molar refractivity (Wildman–Crippen MR) is 78.8 cm³/mol. The lowest BCUT2D eigenvalue weighted by Crippen LogP contribution is -2.45. The molecule has 0 aliphatic heterocycles. The lowest BCUT2D eigenvalue weighted by atomic mass is 9.69. The van der Waals surface area contributed by atoms with Crippen molar-refractivity contribution >= 4 is 0 Å². The van der Waals surface area contributed by atoms with E-state index in [1.807, 2.05) is 12.4 Å². The van der Waals surface area contributed by atoms with E-state index < -0.39 is 0 Å². The molecule has 2 bridgehead atoms. The Morgan fingerprint density at radius 3 is 2.47 bits per heavy atom. The Morgan fingerprint density at radius 2 is 1.95 bits per heavy atom. The second-order valence-electron chi connectivity index (χ2n) is 7.33. The van der Waals surface area contributed by atoms with Gasteiger partial charge in [0.1, 0.15) is 0 Å². The summed E-state index contributed by atoms with van der Waals surface area (Å²) < 4.78 is 0. The predicted octanol–water partition coefficient (Wildman–Crippen LogP) is 3.95. The number of hydrogen-bond acceptors (Lipinski definition) is 2. The van der Waals surface area contributed by atoms with Crippen molar-refractivity contribution in [3.05, 3.63) is 30.1 Å². The maximum absolute atomic E-state index is 4.11. The lowest BCUT2D eigenvalue weighted by molar-refractivity contribution is 0.116. The van der Waals surface area contributed by atoms with Crippen LogP contribution in [0.5, 0.6) is 0 Å². The lowest BCUT2D eigenvalue weighted by Gasteiger charge is -2.40. The third-order valence-corrected chi connectivity index (χ3v) is 6.45. The van der Waals surface area contributed by atoms with E-state index in [-0.39, 0.29) is 0 Å². The zero-order chi connectivity index (χ0) is 13.7. The van der Waals surface area contributed by atoms with Crippen molar-refractivity contribution in [1.82, 2.24) is 10.3 Å². The normalized spacial score (nSPS) is 37.5. The molecule has 2 aliphatic rings. The van der Waals surface area contributed by atoms with Crippen molar-refractivity contribution in [3.8, 4) is 0 Å². The Bertz CT molecular complexity index is 454. The van der Waals surface area contributed by atoms with Gasteiger partial charge in [-0.3, -0.25) is 4.98 Å². The van der Waals surface area contributed by atoms with Gasteiger partial charge in [-0.2, -0.15) is 0 Å². The van der Waals surface area contributed by atoms with Gasteiger partial charge in [0.15, 0.2) is 0 Å². The molecule has 1 N–H and O–H groups in total. The largest absolute Gasteiger partial charge is 0.307 e. The van der Waals surface area contributed by atoms with Crippen LogP contribution in [0.4, 0.5) is 0 Å². The van der Waals surface area contributed by atoms with Gasteiger partial charge in [0, 0.05) is 24.5 Å². The molecule has 0 saturated heterocycles. The first-order valence-electron chi connectivity index (χ1n) is 7.61. The van der Waals surface area contributed by atoms with Crippen LogP contribution in [0.3, 0.4) is 0 Å². The number of fused-ring (bicyclic) bond motifs is 2. The molecule has 2 nitrogen and oxygen atoms in total. The minimum atomic E-state index is 0.417. The van der Waals surface area contributed by atoms with Crippen molar-refractivity contribution in [2.75, 3.05) is 0 Å². The molecule has 0 radical (unpaired) electrons. The molecule has 19 heavy (non-hydrogen) atoms. The van der Waals surface area contributed by atoms with Crippen LogP contribution in [-0.2, 0) is 0 Å². The zero-order valence-electron chi connectivity index (χ0n) is 12.6. The second kappa shape index (κ2) is 4.31. The van der Waals surface area contributed by atoms with Crippen molar-refractivity contribution in [1.29, 1.82) is 0 Å². The molecule has 0 aromatic carbocycles. The highest BCUT2D eigenvalue weighted by atomic mass is 15.0. The highest BCUT2D eigenvalue weighted by molar-refractivity contribution is 5.18. The summed E-state index contributed by atoms with van der Waals surface area (Å²) in [5.74, 6) is 0.902. The summed E-state index contributed by atoms with van der Waals surface area (Å²) >= 11 is 0. The van der Waals surface area contributed by atoms with Gasteiger partial charge in [0.2, 0.25) is 0 Å². The van der Waals surface area contributed by atoms with Gasteiger partial charge in [0.25, 0.3) is 0 Å². The highest BCUT2D eigenvalue weighted by Gasteiger charge is 2.61. The van der Waals surface area contributed by atoms with Crippen LogP contribution in [0.1, 0.15) is 58.6 Å². The molecule has 2 aliphatic carbocycles. The van der Waals surface area contributed by atoms with E-state index in [0.717, 1.165) is 5.92 Å². The van der Waals surface area contributed by atoms with Crippen LogP contribution in [0.25, 0.3) is 0 Å². The van der Waals surface area contributed by atoms with Gasteiger partial charge in [0.05, 0.1) is 0 Å². The monoisotopic (exact) mass is 258 g/mol. The van der Waals surface area contributed by atoms with Gasteiger partial charge in [-0.1, -0.05) is 20.8 Å². The molecule has 0 spiro atoms. The molecular weight excluding hydrogens is 232 g/mol. The molecule has 104 valence electrons. The molecular formula is C17H26N2. The van der Waals surface area contributed by atoms with Crippen LogP contribution in [-0.4, -0.2) is 11.0 Å². The Kier molecular flexibility index (Phi) is 2.97. The van der Waals surface area contributed by atoms with Gasteiger partial charge in [-0.15, -0.1) is 0 Å². The summed E-state index contributed by atoms with van der Waals surface area (Å²) in [5, 5.41) is 3.89. The van der Waals surface area contributed by atoms with Crippen LogP contribution in [0, 0.1) is 16.7 Å². The fraction of sp³-hybridized carbons (Fsp3) is 0.706. The quantitative estimate of drug-likeness (QED) is 0.888. The standard InChI is InChI=1S/C17H26N2/c1-12(13-6-9-18-10-7-13)19-15-11-14-5-8-17(15,4)16(14,2)3/h6-7,9-10,12,14-15,19H,5,8,11H2,1-4H3. The number of nitrogens with zero attached hydrogens (tertiary/aromatic N) is 1. The van der Waals surface area contributed by atoms with Crippen molar-refractivity contribution < 1.29 is 0 Å². The molecule has 1 aromatic heterocycles. The fourth-order valence-electron chi connectivity index (χ4n) is 4.51. The fourth-order valence-corrected chi connectivity index (χ4v) is 4.51. The summed E-state index contributed by atoms with van der Waals surface area (Å²) in [5.41, 5.74) is 2.29. The molecule has 4 unspecified atom stereocenters. The summed E-state index contributed by atoms with van der Waals surface area (Å²) in [6.45, 7) is 9.72. The average molecular weight is 258 g/mol.